The Bertz CT molecular complexity index is 403. The van der Waals surface area contributed by atoms with Gasteiger partial charge >= 0.3 is 0 Å². The predicted octanol–water partition coefficient (Wildman–Crippen LogP) is 0.599. The lowest BCUT2D eigenvalue weighted by molar-refractivity contribution is 0.132. The summed E-state index contributed by atoms with van der Waals surface area (Å²) in [5.41, 5.74) is 0. The lowest BCUT2D eigenvalue weighted by Gasteiger charge is -2.20. The summed E-state index contributed by atoms with van der Waals surface area (Å²) in [4.78, 5) is 2.37. The zero-order chi connectivity index (χ0) is 11.8. The maximum absolute atomic E-state index is 9.85. The van der Waals surface area contributed by atoms with E-state index in [1.807, 2.05) is 0 Å². The van der Waals surface area contributed by atoms with Crippen LogP contribution in [0.2, 0.25) is 0 Å². The van der Waals surface area contributed by atoms with Gasteiger partial charge in [0.1, 0.15) is 11.9 Å². The maximum Gasteiger partial charge on any atom is 0.161 e. The van der Waals surface area contributed by atoms with E-state index in [4.69, 9.17) is 0 Å². The van der Waals surface area contributed by atoms with Gasteiger partial charge < -0.3 is 14.6 Å². The van der Waals surface area contributed by atoms with Crippen LogP contribution in [-0.4, -0.2) is 44.9 Å². The minimum absolute atomic E-state index is 0.406. The van der Waals surface area contributed by atoms with Crippen molar-refractivity contribution in [3.63, 3.8) is 0 Å². The number of hydrogen-bond donors (Lipinski definition) is 1. The summed E-state index contributed by atoms with van der Waals surface area (Å²) < 4.78 is 2.13. The van der Waals surface area contributed by atoms with Crippen LogP contribution in [0.5, 0.6) is 0 Å². The highest BCUT2D eigenvalue weighted by Crippen LogP contribution is 2.26. The lowest BCUT2D eigenvalue weighted by Crippen LogP contribution is -2.20. The van der Waals surface area contributed by atoms with Gasteiger partial charge in [-0.2, -0.15) is 0 Å². The monoisotopic (exact) mass is 236 g/mol. The molecule has 2 atom stereocenters. The first-order chi connectivity index (χ1) is 8.24. The van der Waals surface area contributed by atoms with Crippen LogP contribution in [0.1, 0.15) is 37.0 Å². The van der Waals surface area contributed by atoms with Crippen LogP contribution in [0, 0.1) is 5.92 Å². The van der Waals surface area contributed by atoms with Crippen molar-refractivity contribution in [2.75, 3.05) is 20.1 Å². The third kappa shape index (κ3) is 2.09. The highest BCUT2D eigenvalue weighted by atomic mass is 16.3. The average molecular weight is 236 g/mol. The molecule has 1 saturated heterocycles. The molecule has 2 aliphatic heterocycles. The van der Waals surface area contributed by atoms with Gasteiger partial charge in [-0.1, -0.05) is 0 Å². The molecule has 1 N–H and O–H groups in total. The fraction of sp³-hybridized carbons (Fsp3) is 0.833. The smallest absolute Gasteiger partial charge is 0.161 e. The van der Waals surface area contributed by atoms with E-state index in [9.17, 15) is 5.11 Å². The number of rotatable bonds is 2. The van der Waals surface area contributed by atoms with Crippen molar-refractivity contribution in [1.82, 2.24) is 19.7 Å². The Morgan fingerprint density at radius 3 is 2.94 bits per heavy atom. The van der Waals surface area contributed by atoms with Gasteiger partial charge in [-0.05, 0) is 38.8 Å². The van der Waals surface area contributed by atoms with Crippen molar-refractivity contribution in [3.8, 4) is 0 Å². The van der Waals surface area contributed by atoms with Gasteiger partial charge in [-0.3, -0.25) is 0 Å². The fourth-order valence-corrected chi connectivity index (χ4v) is 3.01. The summed E-state index contributed by atoms with van der Waals surface area (Å²) in [6.45, 7) is 3.32. The van der Waals surface area contributed by atoms with Gasteiger partial charge in [0.2, 0.25) is 0 Å². The van der Waals surface area contributed by atoms with Crippen LogP contribution in [-0.2, 0) is 13.0 Å². The number of likely N-dealkylation sites (tertiary alicyclic amines) is 1. The molecule has 2 aliphatic rings. The Balaban J connectivity index is 1.75. The number of aliphatic hydroxyl groups is 1. The minimum atomic E-state index is -0.406. The van der Waals surface area contributed by atoms with Crippen molar-refractivity contribution >= 4 is 0 Å². The molecule has 0 radical (unpaired) electrons. The van der Waals surface area contributed by atoms with Crippen LogP contribution in [0.4, 0.5) is 0 Å². The molecular weight excluding hydrogens is 216 g/mol. The fourth-order valence-electron chi connectivity index (χ4n) is 3.01. The Morgan fingerprint density at radius 1 is 1.29 bits per heavy atom. The molecular formula is C12H20N4O. The molecule has 5 heteroatoms. The molecule has 94 valence electrons. The third-order valence-electron chi connectivity index (χ3n) is 3.97. The molecule has 0 amide bonds. The second-order valence-electron chi connectivity index (χ2n) is 5.41. The maximum atomic E-state index is 9.85. The quantitative estimate of drug-likeness (QED) is 0.817. The molecule has 5 nitrogen and oxygen atoms in total. The largest absolute Gasteiger partial charge is 0.385 e. The van der Waals surface area contributed by atoms with E-state index in [1.165, 1.54) is 13.0 Å². The molecule has 1 aromatic heterocycles. The molecule has 17 heavy (non-hydrogen) atoms. The van der Waals surface area contributed by atoms with Crippen molar-refractivity contribution in [2.24, 2.45) is 5.92 Å². The zero-order valence-corrected chi connectivity index (χ0v) is 10.3. The van der Waals surface area contributed by atoms with Crippen molar-refractivity contribution in [1.29, 1.82) is 0 Å². The van der Waals surface area contributed by atoms with E-state index in [-0.39, 0.29) is 0 Å². The van der Waals surface area contributed by atoms with E-state index in [0.717, 1.165) is 44.0 Å². The molecule has 3 heterocycles. The van der Waals surface area contributed by atoms with E-state index in [1.54, 1.807) is 0 Å². The molecule has 1 fully saturated rings. The average Bonchev–Trinajstić information content (AvgIpc) is 2.88. The number of aliphatic hydroxyl groups excluding tert-OH is 1. The highest BCUT2D eigenvalue weighted by molar-refractivity contribution is 5.03. The lowest BCUT2D eigenvalue weighted by atomic mass is 10.0. The standard InChI is InChI=1S/C12H20N4O/c1-15-6-4-9(8-15)7-11-13-14-12-10(17)3-2-5-16(11)12/h9-10,17H,2-8H2,1H3. The van der Waals surface area contributed by atoms with Crippen LogP contribution in [0.25, 0.3) is 0 Å². The van der Waals surface area contributed by atoms with Gasteiger partial charge in [-0.25, -0.2) is 0 Å². The molecule has 0 saturated carbocycles. The molecule has 0 bridgehead atoms. The first-order valence-electron chi connectivity index (χ1n) is 6.52. The predicted molar refractivity (Wildman–Crippen MR) is 63.5 cm³/mol. The van der Waals surface area contributed by atoms with E-state index >= 15 is 0 Å². The molecule has 2 unspecified atom stereocenters. The van der Waals surface area contributed by atoms with Gasteiger partial charge in [0.05, 0.1) is 0 Å². The molecule has 0 aliphatic carbocycles. The Morgan fingerprint density at radius 2 is 2.18 bits per heavy atom. The number of hydrogen-bond acceptors (Lipinski definition) is 4. The first-order valence-corrected chi connectivity index (χ1v) is 6.52. The zero-order valence-electron chi connectivity index (χ0n) is 10.3. The van der Waals surface area contributed by atoms with Crippen molar-refractivity contribution in [2.45, 2.75) is 38.3 Å². The summed E-state index contributed by atoms with van der Waals surface area (Å²) in [5.74, 6) is 2.55. The molecule has 0 aromatic carbocycles. The SMILES string of the molecule is CN1CCC(Cc2nnc3n2CCCC3O)C1. The van der Waals surface area contributed by atoms with E-state index < -0.39 is 6.10 Å². The third-order valence-corrected chi connectivity index (χ3v) is 3.97. The topological polar surface area (TPSA) is 54.2 Å². The second-order valence-corrected chi connectivity index (χ2v) is 5.41. The molecule has 1 aromatic rings. The summed E-state index contributed by atoms with van der Waals surface area (Å²) in [5, 5.41) is 18.3. The minimum Gasteiger partial charge on any atom is -0.385 e. The number of aromatic nitrogens is 3. The highest BCUT2D eigenvalue weighted by Gasteiger charge is 2.26. The number of nitrogens with zero attached hydrogens (tertiary/aromatic N) is 4. The van der Waals surface area contributed by atoms with Gasteiger partial charge in [0.15, 0.2) is 5.82 Å². The van der Waals surface area contributed by atoms with Crippen LogP contribution in [0.3, 0.4) is 0 Å². The van der Waals surface area contributed by atoms with Gasteiger partial charge in [0.25, 0.3) is 0 Å². The Kier molecular flexibility index (Phi) is 2.88. The van der Waals surface area contributed by atoms with Gasteiger partial charge in [-0.15, -0.1) is 10.2 Å². The summed E-state index contributed by atoms with van der Waals surface area (Å²) in [7, 11) is 2.17. The molecule has 0 spiro atoms. The summed E-state index contributed by atoms with van der Waals surface area (Å²) >= 11 is 0. The van der Waals surface area contributed by atoms with Crippen LogP contribution >= 0.6 is 0 Å². The van der Waals surface area contributed by atoms with E-state index in [0.29, 0.717) is 5.92 Å². The summed E-state index contributed by atoms with van der Waals surface area (Å²) in [6.07, 6.45) is 3.70. The van der Waals surface area contributed by atoms with Crippen molar-refractivity contribution < 1.29 is 5.11 Å². The van der Waals surface area contributed by atoms with Gasteiger partial charge in [0, 0.05) is 19.5 Å². The Labute approximate surface area is 101 Å². The second kappa shape index (κ2) is 4.38. The first kappa shape index (κ1) is 11.2. The van der Waals surface area contributed by atoms with Crippen LogP contribution < -0.4 is 0 Å². The number of fused-ring (bicyclic) bond motifs is 1. The van der Waals surface area contributed by atoms with E-state index in [2.05, 4.69) is 26.7 Å². The molecule has 3 rings (SSSR count). The normalized spacial score (nSPS) is 29.5. The summed E-state index contributed by atoms with van der Waals surface area (Å²) in [6, 6.07) is 0. The Hall–Kier alpha value is -0.940. The van der Waals surface area contributed by atoms with Crippen molar-refractivity contribution in [3.05, 3.63) is 11.6 Å². The van der Waals surface area contributed by atoms with Crippen LogP contribution in [0.15, 0.2) is 0 Å².